The highest BCUT2D eigenvalue weighted by molar-refractivity contribution is 6.04. The van der Waals surface area contributed by atoms with E-state index < -0.39 is 17.6 Å². The van der Waals surface area contributed by atoms with Crippen molar-refractivity contribution in [3.05, 3.63) is 59.7 Å². The van der Waals surface area contributed by atoms with E-state index in [4.69, 9.17) is 0 Å². The van der Waals surface area contributed by atoms with Gasteiger partial charge in [0, 0.05) is 22.5 Å². The van der Waals surface area contributed by atoms with Crippen LogP contribution in [0.2, 0.25) is 0 Å². The van der Waals surface area contributed by atoms with Crippen LogP contribution in [0.4, 0.5) is 24.5 Å². The smallest absolute Gasteiger partial charge is 0.376 e. The van der Waals surface area contributed by atoms with Crippen molar-refractivity contribution in [1.29, 1.82) is 0 Å². The Kier molecular flexibility index (Phi) is 6.33. The molecule has 0 radical (unpaired) electrons. The fourth-order valence-corrected chi connectivity index (χ4v) is 2.39. The molecule has 0 aromatic heterocycles. The van der Waals surface area contributed by atoms with Crippen LogP contribution in [0.3, 0.4) is 0 Å². The van der Waals surface area contributed by atoms with Gasteiger partial charge in [0.1, 0.15) is 0 Å². The summed E-state index contributed by atoms with van der Waals surface area (Å²) in [5.74, 6) is -0.756. The summed E-state index contributed by atoms with van der Waals surface area (Å²) in [5.41, 5.74) is -0.362. The highest BCUT2D eigenvalue weighted by Gasteiger charge is 2.30. The zero-order chi connectivity index (χ0) is 20.9. The molecule has 0 aliphatic carbocycles. The molecule has 0 aliphatic heterocycles. The third-order valence-corrected chi connectivity index (χ3v) is 3.54. The van der Waals surface area contributed by atoms with Crippen LogP contribution in [0.15, 0.2) is 48.5 Å². The highest BCUT2D eigenvalue weighted by Crippen LogP contribution is 2.30. The van der Waals surface area contributed by atoms with Crippen molar-refractivity contribution in [3.63, 3.8) is 0 Å². The van der Waals surface area contributed by atoms with Gasteiger partial charge in [-0.25, -0.2) is 0 Å². The van der Waals surface area contributed by atoms with Gasteiger partial charge in [-0.3, -0.25) is 9.59 Å². The molecule has 0 atom stereocenters. The molecule has 0 saturated carbocycles. The summed E-state index contributed by atoms with van der Waals surface area (Å²) in [7, 11) is 0. The van der Waals surface area contributed by atoms with Crippen molar-refractivity contribution in [2.75, 3.05) is 17.2 Å². The van der Waals surface area contributed by atoms with Crippen molar-refractivity contribution in [2.24, 2.45) is 0 Å². The number of alkyl halides is 3. The molecule has 2 aromatic rings. The maximum Gasteiger partial charge on any atom is 0.416 e. The van der Waals surface area contributed by atoms with Gasteiger partial charge < -0.3 is 16.0 Å². The van der Waals surface area contributed by atoms with E-state index in [0.29, 0.717) is 5.69 Å². The summed E-state index contributed by atoms with van der Waals surface area (Å²) >= 11 is 0. The lowest BCUT2D eigenvalue weighted by Crippen LogP contribution is -2.43. The van der Waals surface area contributed by atoms with Crippen molar-refractivity contribution in [3.8, 4) is 0 Å². The monoisotopic (exact) mass is 393 g/mol. The molecule has 5 nitrogen and oxygen atoms in total. The predicted octanol–water partition coefficient (Wildman–Crippen LogP) is 4.28. The van der Waals surface area contributed by atoms with E-state index in [2.05, 4.69) is 16.0 Å². The molecule has 0 unspecified atom stereocenters. The van der Waals surface area contributed by atoms with Crippen LogP contribution in [-0.2, 0) is 11.0 Å². The van der Waals surface area contributed by atoms with Crippen LogP contribution in [0.25, 0.3) is 0 Å². The minimum atomic E-state index is -4.49. The molecule has 3 N–H and O–H groups in total. The molecule has 0 fully saturated rings. The Balaban J connectivity index is 2.03. The normalized spacial score (nSPS) is 11.6. The molecule has 2 amide bonds. The topological polar surface area (TPSA) is 70.2 Å². The first-order valence-corrected chi connectivity index (χ1v) is 8.58. The van der Waals surface area contributed by atoms with Crippen LogP contribution < -0.4 is 16.0 Å². The fourth-order valence-electron chi connectivity index (χ4n) is 2.39. The Labute approximate surface area is 161 Å². The Hall–Kier alpha value is -3.03. The first kappa shape index (κ1) is 21.3. The molecule has 0 spiro atoms. The zero-order valence-electron chi connectivity index (χ0n) is 15.8. The molecule has 0 bridgehead atoms. The largest absolute Gasteiger partial charge is 0.416 e. The van der Waals surface area contributed by atoms with Crippen LogP contribution in [-0.4, -0.2) is 23.9 Å². The molecule has 2 aromatic carbocycles. The number of nitrogens with one attached hydrogen (secondary N) is 3. The Morgan fingerprint density at radius 3 is 2.21 bits per heavy atom. The fraction of sp³-hybridized carbons (Fsp3) is 0.300. The van der Waals surface area contributed by atoms with E-state index in [-0.39, 0.29) is 29.2 Å². The summed E-state index contributed by atoms with van der Waals surface area (Å²) in [6, 6.07) is 10.8. The maximum atomic E-state index is 12.8. The van der Waals surface area contributed by atoms with Gasteiger partial charge in [-0.15, -0.1) is 0 Å². The number of rotatable bonds is 5. The van der Waals surface area contributed by atoms with Gasteiger partial charge in [-0.05, 0) is 57.2 Å². The molecule has 28 heavy (non-hydrogen) atoms. The second-order valence-corrected chi connectivity index (χ2v) is 7.27. The lowest BCUT2D eigenvalue weighted by atomic mass is 10.1. The molecule has 150 valence electrons. The van der Waals surface area contributed by atoms with E-state index in [9.17, 15) is 22.8 Å². The van der Waals surface area contributed by atoms with Gasteiger partial charge in [0.25, 0.3) is 5.91 Å². The van der Waals surface area contributed by atoms with E-state index >= 15 is 0 Å². The van der Waals surface area contributed by atoms with Crippen LogP contribution in [0.1, 0.15) is 36.7 Å². The maximum absolute atomic E-state index is 12.8. The molecular formula is C20H22F3N3O2. The van der Waals surface area contributed by atoms with Crippen molar-refractivity contribution < 1.29 is 22.8 Å². The quantitative estimate of drug-likeness (QED) is 0.710. The SMILES string of the molecule is CC(C)(C)NC(=O)CNc1cccc(C(=O)Nc2cccc(C(F)(F)F)c2)c1. The number of carbonyl (C=O) groups excluding carboxylic acids is 2. The number of hydrogen-bond acceptors (Lipinski definition) is 3. The first-order valence-electron chi connectivity index (χ1n) is 8.58. The Morgan fingerprint density at radius 1 is 0.929 bits per heavy atom. The Bertz CT molecular complexity index is 858. The number of amides is 2. The third kappa shape index (κ3) is 6.61. The molecule has 0 heterocycles. The summed E-state index contributed by atoms with van der Waals surface area (Å²) in [6.07, 6.45) is -4.49. The minimum Gasteiger partial charge on any atom is -0.376 e. The second-order valence-electron chi connectivity index (χ2n) is 7.27. The number of anilines is 2. The summed E-state index contributed by atoms with van der Waals surface area (Å²) in [5, 5.41) is 8.17. The molecule has 0 saturated heterocycles. The van der Waals surface area contributed by atoms with Crippen LogP contribution in [0, 0.1) is 0 Å². The first-order chi connectivity index (χ1) is 12.9. The van der Waals surface area contributed by atoms with Gasteiger partial charge in [0.15, 0.2) is 0 Å². The molecule has 2 rings (SSSR count). The predicted molar refractivity (Wildman–Crippen MR) is 102 cm³/mol. The van der Waals surface area contributed by atoms with Crippen molar-refractivity contribution in [1.82, 2.24) is 5.32 Å². The molecule has 0 aliphatic rings. The highest BCUT2D eigenvalue weighted by atomic mass is 19.4. The number of halogens is 3. The van der Waals surface area contributed by atoms with Gasteiger partial charge >= 0.3 is 6.18 Å². The summed E-state index contributed by atoms with van der Waals surface area (Å²) in [6.45, 7) is 5.62. The molecule has 8 heteroatoms. The van der Waals surface area contributed by atoms with Crippen molar-refractivity contribution >= 4 is 23.2 Å². The van der Waals surface area contributed by atoms with Crippen molar-refractivity contribution in [2.45, 2.75) is 32.5 Å². The van der Waals surface area contributed by atoms with Gasteiger partial charge in [0.2, 0.25) is 5.91 Å². The number of carbonyl (C=O) groups is 2. The van der Waals surface area contributed by atoms with E-state index in [1.54, 1.807) is 12.1 Å². The third-order valence-electron chi connectivity index (χ3n) is 3.54. The molecular weight excluding hydrogens is 371 g/mol. The second kappa shape index (κ2) is 8.33. The summed E-state index contributed by atoms with van der Waals surface area (Å²) in [4.78, 5) is 24.2. The van der Waals surface area contributed by atoms with Crippen LogP contribution in [0.5, 0.6) is 0 Å². The lowest BCUT2D eigenvalue weighted by Gasteiger charge is -2.20. The van der Waals surface area contributed by atoms with E-state index in [1.165, 1.54) is 24.3 Å². The standard InChI is InChI=1S/C20H22F3N3O2/c1-19(2,3)26-17(27)12-24-15-8-4-6-13(10-15)18(28)25-16-9-5-7-14(11-16)20(21,22)23/h4-11,24H,12H2,1-3H3,(H,25,28)(H,26,27). The van der Waals surface area contributed by atoms with Gasteiger partial charge in [-0.2, -0.15) is 13.2 Å². The zero-order valence-corrected chi connectivity index (χ0v) is 15.8. The number of benzene rings is 2. The average Bonchev–Trinajstić information content (AvgIpc) is 2.58. The minimum absolute atomic E-state index is 0.0238. The van der Waals surface area contributed by atoms with Gasteiger partial charge in [-0.1, -0.05) is 12.1 Å². The lowest BCUT2D eigenvalue weighted by molar-refractivity contribution is -0.137. The van der Waals surface area contributed by atoms with Gasteiger partial charge in [0.05, 0.1) is 12.1 Å². The van der Waals surface area contributed by atoms with E-state index in [1.807, 2.05) is 20.8 Å². The number of hydrogen-bond donors (Lipinski definition) is 3. The average molecular weight is 393 g/mol. The van der Waals surface area contributed by atoms with E-state index in [0.717, 1.165) is 12.1 Å². The van der Waals surface area contributed by atoms with Crippen LogP contribution >= 0.6 is 0 Å². The Morgan fingerprint density at radius 2 is 1.57 bits per heavy atom. The summed E-state index contributed by atoms with van der Waals surface area (Å²) < 4.78 is 38.3.